The summed E-state index contributed by atoms with van der Waals surface area (Å²) in [4.78, 5) is 35.1. The molecule has 0 aliphatic carbocycles. The van der Waals surface area contributed by atoms with Crippen LogP contribution in [0.15, 0.2) is 48.5 Å². The van der Waals surface area contributed by atoms with E-state index in [1.807, 2.05) is 0 Å². The summed E-state index contributed by atoms with van der Waals surface area (Å²) in [5.74, 6) is -2.04. The van der Waals surface area contributed by atoms with E-state index in [1.54, 1.807) is 36.4 Å². The van der Waals surface area contributed by atoms with Gasteiger partial charge in [-0.2, -0.15) is 0 Å². The number of esters is 1. The normalized spacial score (nSPS) is 10.0. The van der Waals surface area contributed by atoms with E-state index in [0.29, 0.717) is 11.3 Å². The second-order valence-corrected chi connectivity index (χ2v) is 5.17. The summed E-state index contributed by atoms with van der Waals surface area (Å²) in [6.45, 7) is -0.00336. The molecular formula is C18H17FN2O4. The lowest BCUT2D eigenvalue weighted by Crippen LogP contribution is -2.28. The topological polar surface area (TPSA) is 84.5 Å². The Labute approximate surface area is 144 Å². The predicted molar refractivity (Wildman–Crippen MR) is 89.3 cm³/mol. The van der Waals surface area contributed by atoms with E-state index in [4.69, 9.17) is 0 Å². The SMILES string of the molecule is COC(=O)c1cccc(NC(=O)CC(=O)NCc2ccccc2F)c1. The van der Waals surface area contributed by atoms with Crippen molar-refractivity contribution in [2.45, 2.75) is 13.0 Å². The number of carbonyl (C=O) groups excluding carboxylic acids is 3. The molecule has 0 fully saturated rings. The molecule has 7 heteroatoms. The highest BCUT2D eigenvalue weighted by Crippen LogP contribution is 2.12. The van der Waals surface area contributed by atoms with Gasteiger partial charge in [-0.1, -0.05) is 24.3 Å². The summed E-state index contributed by atoms with van der Waals surface area (Å²) in [5, 5.41) is 5.00. The molecule has 6 nitrogen and oxygen atoms in total. The van der Waals surface area contributed by atoms with E-state index < -0.39 is 30.0 Å². The Hall–Kier alpha value is -3.22. The smallest absolute Gasteiger partial charge is 0.337 e. The third kappa shape index (κ3) is 5.42. The van der Waals surface area contributed by atoms with Crippen molar-refractivity contribution in [2.24, 2.45) is 0 Å². The molecule has 2 amide bonds. The van der Waals surface area contributed by atoms with Gasteiger partial charge in [-0.25, -0.2) is 9.18 Å². The zero-order valence-electron chi connectivity index (χ0n) is 13.5. The summed E-state index contributed by atoms with van der Waals surface area (Å²) in [5.41, 5.74) is 0.987. The monoisotopic (exact) mass is 344 g/mol. The molecule has 0 aliphatic heterocycles. The number of nitrogens with one attached hydrogen (secondary N) is 2. The zero-order chi connectivity index (χ0) is 18.2. The molecule has 2 aromatic carbocycles. The number of anilines is 1. The van der Waals surface area contributed by atoms with Gasteiger partial charge in [0.2, 0.25) is 11.8 Å². The second-order valence-electron chi connectivity index (χ2n) is 5.17. The fraction of sp³-hybridized carbons (Fsp3) is 0.167. The minimum atomic E-state index is -0.548. The fourth-order valence-corrected chi connectivity index (χ4v) is 2.09. The van der Waals surface area contributed by atoms with E-state index in [2.05, 4.69) is 15.4 Å². The maximum atomic E-state index is 13.5. The fourth-order valence-electron chi connectivity index (χ4n) is 2.09. The summed E-state index contributed by atoms with van der Waals surface area (Å²) in [7, 11) is 1.26. The van der Waals surface area contributed by atoms with Crippen LogP contribution in [0.5, 0.6) is 0 Å². The highest BCUT2D eigenvalue weighted by Gasteiger charge is 2.12. The molecule has 0 heterocycles. The maximum Gasteiger partial charge on any atom is 0.337 e. The first-order valence-corrected chi connectivity index (χ1v) is 7.48. The molecule has 2 N–H and O–H groups in total. The number of ether oxygens (including phenoxy) is 1. The van der Waals surface area contributed by atoms with Crippen LogP contribution in [0.25, 0.3) is 0 Å². The molecule has 130 valence electrons. The first kappa shape index (κ1) is 18.1. The van der Waals surface area contributed by atoms with Gasteiger partial charge in [0.1, 0.15) is 12.2 Å². The van der Waals surface area contributed by atoms with Crippen molar-refractivity contribution in [3.63, 3.8) is 0 Å². The first-order valence-electron chi connectivity index (χ1n) is 7.48. The predicted octanol–water partition coefficient (Wildman–Crippen LogP) is 2.26. The van der Waals surface area contributed by atoms with E-state index in [1.165, 1.54) is 19.2 Å². The van der Waals surface area contributed by atoms with Crippen LogP contribution in [0.3, 0.4) is 0 Å². The van der Waals surface area contributed by atoms with Gasteiger partial charge in [0.05, 0.1) is 12.7 Å². The molecule has 0 atom stereocenters. The van der Waals surface area contributed by atoms with Gasteiger partial charge in [0.25, 0.3) is 0 Å². The van der Waals surface area contributed by atoms with Crippen LogP contribution < -0.4 is 10.6 Å². The Morgan fingerprint density at radius 3 is 2.52 bits per heavy atom. The van der Waals surface area contributed by atoms with Crippen LogP contribution in [0, 0.1) is 5.82 Å². The van der Waals surface area contributed by atoms with Gasteiger partial charge in [-0.15, -0.1) is 0 Å². The lowest BCUT2D eigenvalue weighted by atomic mass is 10.2. The van der Waals surface area contributed by atoms with Crippen LogP contribution in [0.4, 0.5) is 10.1 Å². The van der Waals surface area contributed by atoms with Crippen LogP contribution in [-0.4, -0.2) is 24.9 Å². The van der Waals surface area contributed by atoms with Gasteiger partial charge in [-0.3, -0.25) is 9.59 Å². The summed E-state index contributed by atoms with van der Waals surface area (Å²) < 4.78 is 18.1. The molecule has 0 bridgehead atoms. The van der Waals surface area contributed by atoms with Crippen molar-refractivity contribution in [3.05, 3.63) is 65.5 Å². The summed E-state index contributed by atoms with van der Waals surface area (Å²) >= 11 is 0. The van der Waals surface area contributed by atoms with Gasteiger partial charge in [-0.05, 0) is 24.3 Å². The Morgan fingerprint density at radius 2 is 1.80 bits per heavy atom. The molecule has 2 rings (SSSR count). The number of carbonyl (C=O) groups is 3. The Balaban J connectivity index is 1.86. The molecule has 0 aromatic heterocycles. The highest BCUT2D eigenvalue weighted by molar-refractivity contribution is 6.04. The molecular weight excluding hydrogens is 327 g/mol. The van der Waals surface area contributed by atoms with Crippen LogP contribution >= 0.6 is 0 Å². The van der Waals surface area contributed by atoms with Gasteiger partial charge in [0, 0.05) is 17.8 Å². The Kier molecular flexibility index (Phi) is 6.22. The van der Waals surface area contributed by atoms with Crippen LogP contribution in [0.2, 0.25) is 0 Å². The Morgan fingerprint density at radius 1 is 1.04 bits per heavy atom. The van der Waals surface area contributed by atoms with Gasteiger partial charge in [0.15, 0.2) is 0 Å². The van der Waals surface area contributed by atoms with Crippen LogP contribution in [-0.2, 0) is 20.9 Å². The van der Waals surface area contributed by atoms with Crippen molar-refractivity contribution in [1.82, 2.24) is 5.32 Å². The van der Waals surface area contributed by atoms with Crippen molar-refractivity contribution in [3.8, 4) is 0 Å². The highest BCUT2D eigenvalue weighted by atomic mass is 19.1. The minimum absolute atomic E-state index is 0.00336. The standard InChI is InChI=1S/C18H17FN2O4/c1-25-18(24)12-6-4-7-14(9-12)21-17(23)10-16(22)20-11-13-5-2-3-8-15(13)19/h2-9H,10-11H2,1H3,(H,20,22)(H,21,23). The number of hydrogen-bond donors (Lipinski definition) is 2. The van der Waals surface area contributed by atoms with E-state index >= 15 is 0 Å². The van der Waals surface area contributed by atoms with Gasteiger partial charge >= 0.3 is 5.97 Å². The average molecular weight is 344 g/mol. The third-order valence-electron chi connectivity index (χ3n) is 3.32. The molecule has 0 aliphatic rings. The second kappa shape index (κ2) is 8.58. The lowest BCUT2D eigenvalue weighted by molar-refractivity contribution is -0.126. The third-order valence-corrected chi connectivity index (χ3v) is 3.32. The molecule has 0 saturated carbocycles. The van der Waals surface area contributed by atoms with E-state index in [9.17, 15) is 18.8 Å². The average Bonchev–Trinajstić information content (AvgIpc) is 2.60. The number of benzene rings is 2. The first-order chi connectivity index (χ1) is 12.0. The summed E-state index contributed by atoms with van der Waals surface area (Å²) in [6.07, 6.45) is -0.420. The van der Waals surface area contributed by atoms with E-state index in [0.717, 1.165) is 0 Å². The molecule has 0 radical (unpaired) electrons. The summed E-state index contributed by atoms with van der Waals surface area (Å²) in [6, 6.07) is 12.2. The van der Waals surface area contributed by atoms with E-state index in [-0.39, 0.29) is 12.1 Å². The lowest BCUT2D eigenvalue weighted by Gasteiger charge is -2.08. The quantitative estimate of drug-likeness (QED) is 0.622. The van der Waals surface area contributed by atoms with Gasteiger partial charge < -0.3 is 15.4 Å². The number of rotatable bonds is 6. The molecule has 0 spiro atoms. The minimum Gasteiger partial charge on any atom is -0.465 e. The van der Waals surface area contributed by atoms with Crippen molar-refractivity contribution >= 4 is 23.5 Å². The largest absolute Gasteiger partial charge is 0.465 e. The molecule has 0 unspecified atom stereocenters. The van der Waals surface area contributed by atoms with Crippen molar-refractivity contribution in [2.75, 3.05) is 12.4 Å². The molecule has 2 aromatic rings. The number of halogens is 1. The Bertz CT molecular complexity index is 792. The van der Waals surface area contributed by atoms with Crippen molar-refractivity contribution in [1.29, 1.82) is 0 Å². The molecule has 0 saturated heterocycles. The van der Waals surface area contributed by atoms with Crippen molar-refractivity contribution < 1.29 is 23.5 Å². The molecule has 25 heavy (non-hydrogen) atoms. The van der Waals surface area contributed by atoms with Crippen LogP contribution in [0.1, 0.15) is 22.3 Å². The zero-order valence-corrected chi connectivity index (χ0v) is 13.5. The maximum absolute atomic E-state index is 13.5. The number of amides is 2. The number of methoxy groups -OCH3 is 1. The number of hydrogen-bond acceptors (Lipinski definition) is 4.